The van der Waals surface area contributed by atoms with Gasteiger partial charge in [0, 0.05) is 30.8 Å². The summed E-state index contributed by atoms with van der Waals surface area (Å²) in [5.41, 5.74) is 4.71. The molecule has 0 aromatic heterocycles. The predicted molar refractivity (Wildman–Crippen MR) is 152 cm³/mol. The third kappa shape index (κ3) is 7.20. The quantitative estimate of drug-likeness (QED) is 0.249. The number of aliphatic carboxylic acids is 1. The van der Waals surface area contributed by atoms with Crippen molar-refractivity contribution in [2.24, 2.45) is 0 Å². The van der Waals surface area contributed by atoms with Crippen molar-refractivity contribution in [2.75, 3.05) is 13.1 Å². The lowest BCUT2D eigenvalue weighted by Gasteiger charge is -2.24. The van der Waals surface area contributed by atoms with Crippen molar-refractivity contribution in [3.05, 3.63) is 131 Å². The Balaban J connectivity index is 1.61. The van der Waals surface area contributed by atoms with E-state index < -0.39 is 5.97 Å². The second-order valence-electron chi connectivity index (χ2n) is 9.52. The van der Waals surface area contributed by atoms with Crippen molar-refractivity contribution in [1.29, 1.82) is 0 Å². The minimum absolute atomic E-state index is 0.0597. The van der Waals surface area contributed by atoms with E-state index in [0.717, 1.165) is 11.1 Å². The van der Waals surface area contributed by atoms with Crippen LogP contribution >= 0.6 is 0 Å². The number of rotatable bonds is 11. The van der Waals surface area contributed by atoms with E-state index in [1.807, 2.05) is 31.2 Å². The summed E-state index contributed by atoms with van der Waals surface area (Å²) in [4.78, 5) is 40.0. The number of amides is 2. The van der Waals surface area contributed by atoms with Crippen LogP contribution in [0.2, 0.25) is 0 Å². The molecule has 2 N–H and O–H groups in total. The van der Waals surface area contributed by atoms with Gasteiger partial charge in [0.2, 0.25) is 0 Å². The number of carbonyl (C=O) groups is 3. The van der Waals surface area contributed by atoms with Gasteiger partial charge in [0.1, 0.15) is 5.82 Å². The Morgan fingerprint density at radius 1 is 0.800 bits per heavy atom. The van der Waals surface area contributed by atoms with Crippen LogP contribution < -0.4 is 5.32 Å². The number of hydrogen-bond donors (Lipinski definition) is 2. The van der Waals surface area contributed by atoms with Gasteiger partial charge in [-0.25, -0.2) is 4.39 Å². The lowest BCUT2D eigenvalue weighted by atomic mass is 9.94. The van der Waals surface area contributed by atoms with Gasteiger partial charge >= 0.3 is 5.97 Å². The number of hydrogen-bond acceptors (Lipinski definition) is 3. The number of nitrogens with one attached hydrogen (secondary N) is 1. The average Bonchev–Trinajstić information content (AvgIpc) is 2.96. The Kier molecular flexibility index (Phi) is 9.41. The van der Waals surface area contributed by atoms with Gasteiger partial charge in [0.15, 0.2) is 0 Å². The third-order valence-electron chi connectivity index (χ3n) is 6.76. The Morgan fingerprint density at radius 3 is 2.15 bits per heavy atom. The topological polar surface area (TPSA) is 86.7 Å². The summed E-state index contributed by atoms with van der Waals surface area (Å²) in [6.07, 6.45) is 0.403. The summed E-state index contributed by atoms with van der Waals surface area (Å²) >= 11 is 0. The van der Waals surface area contributed by atoms with E-state index in [9.17, 15) is 23.9 Å². The average molecular weight is 539 g/mol. The molecule has 0 aliphatic carbocycles. The number of nitrogens with zero attached hydrogens (tertiary/aromatic N) is 1. The van der Waals surface area contributed by atoms with E-state index in [4.69, 9.17) is 0 Å². The number of carboxylic acid groups (broad SMARTS) is 1. The minimum Gasteiger partial charge on any atom is -0.481 e. The van der Waals surface area contributed by atoms with Gasteiger partial charge in [-0.3, -0.25) is 14.4 Å². The highest BCUT2D eigenvalue weighted by atomic mass is 19.1. The van der Waals surface area contributed by atoms with Crippen LogP contribution in [0.4, 0.5) is 4.39 Å². The maximum Gasteiger partial charge on any atom is 0.305 e. The second kappa shape index (κ2) is 13.3. The second-order valence-corrected chi connectivity index (χ2v) is 9.52. The van der Waals surface area contributed by atoms with Gasteiger partial charge < -0.3 is 15.3 Å². The van der Waals surface area contributed by atoms with Crippen LogP contribution in [0.5, 0.6) is 0 Å². The highest BCUT2D eigenvalue weighted by Crippen LogP contribution is 2.28. The summed E-state index contributed by atoms with van der Waals surface area (Å²) < 4.78 is 13.6. The summed E-state index contributed by atoms with van der Waals surface area (Å²) in [6.45, 7) is 2.56. The first-order chi connectivity index (χ1) is 19.3. The third-order valence-corrected chi connectivity index (χ3v) is 6.76. The zero-order valence-corrected chi connectivity index (χ0v) is 22.3. The summed E-state index contributed by atoms with van der Waals surface area (Å²) in [5, 5.41) is 12.2. The van der Waals surface area contributed by atoms with E-state index in [1.54, 1.807) is 65.6 Å². The first-order valence-corrected chi connectivity index (χ1v) is 13.1. The van der Waals surface area contributed by atoms with E-state index in [-0.39, 0.29) is 37.1 Å². The van der Waals surface area contributed by atoms with E-state index in [0.29, 0.717) is 40.8 Å². The number of halogens is 1. The van der Waals surface area contributed by atoms with Crippen molar-refractivity contribution in [3.63, 3.8) is 0 Å². The number of carboxylic acids is 1. The fourth-order valence-corrected chi connectivity index (χ4v) is 4.61. The van der Waals surface area contributed by atoms with E-state index >= 15 is 0 Å². The highest BCUT2D eigenvalue weighted by molar-refractivity contribution is 6.06. The highest BCUT2D eigenvalue weighted by Gasteiger charge is 2.22. The number of carbonyl (C=O) groups excluding carboxylic acids is 2. The molecule has 40 heavy (non-hydrogen) atoms. The van der Waals surface area contributed by atoms with Crippen LogP contribution in [-0.4, -0.2) is 40.9 Å². The van der Waals surface area contributed by atoms with Crippen molar-refractivity contribution in [2.45, 2.75) is 26.3 Å². The molecular formula is C33H31FN2O4. The molecule has 0 fully saturated rings. The summed E-state index contributed by atoms with van der Waals surface area (Å²) in [7, 11) is 0. The first kappa shape index (κ1) is 28.2. The normalized spacial score (nSPS) is 10.7. The van der Waals surface area contributed by atoms with Crippen molar-refractivity contribution >= 4 is 17.8 Å². The van der Waals surface area contributed by atoms with Crippen LogP contribution in [-0.2, 0) is 17.8 Å². The maximum absolute atomic E-state index is 13.9. The largest absolute Gasteiger partial charge is 0.481 e. The molecule has 0 aliphatic heterocycles. The maximum atomic E-state index is 13.9. The Hall–Kier alpha value is -4.78. The number of aryl methyl sites for hydroxylation is 1. The predicted octanol–water partition coefficient (Wildman–Crippen LogP) is 5.89. The fraction of sp³-hybridized carbons (Fsp3) is 0.182. The molecule has 0 saturated carbocycles. The standard InChI is InChI=1S/C33H31FN2O4/c1-23-9-2-3-11-25(23)17-19-36(20-18-31(37)38)33(40)30-16-7-5-14-28(30)27-13-4-6-15-29(27)32(39)35-22-24-10-8-12-26(34)21-24/h2-16,21H,17-20,22H2,1H3,(H,35,39)(H,37,38). The molecule has 0 saturated heterocycles. The van der Waals surface area contributed by atoms with Crippen molar-refractivity contribution in [3.8, 4) is 11.1 Å². The molecule has 4 aromatic carbocycles. The zero-order chi connectivity index (χ0) is 28.5. The molecule has 6 nitrogen and oxygen atoms in total. The molecule has 0 heterocycles. The van der Waals surface area contributed by atoms with Crippen LogP contribution in [0.1, 0.15) is 43.8 Å². The molecule has 0 spiro atoms. The van der Waals surface area contributed by atoms with Gasteiger partial charge in [-0.1, -0.05) is 72.8 Å². The molecule has 0 unspecified atom stereocenters. The van der Waals surface area contributed by atoms with Gasteiger partial charge in [0.25, 0.3) is 11.8 Å². The monoisotopic (exact) mass is 538 g/mol. The van der Waals surface area contributed by atoms with Crippen molar-refractivity contribution < 1.29 is 23.9 Å². The van der Waals surface area contributed by atoms with Crippen LogP contribution in [0.15, 0.2) is 97.1 Å². The molecule has 0 bridgehead atoms. The van der Waals surface area contributed by atoms with E-state index in [1.165, 1.54) is 12.1 Å². The first-order valence-electron chi connectivity index (χ1n) is 13.1. The van der Waals surface area contributed by atoms with Gasteiger partial charge in [-0.15, -0.1) is 0 Å². The Morgan fingerprint density at radius 2 is 1.45 bits per heavy atom. The molecule has 204 valence electrons. The number of benzene rings is 4. The molecule has 4 rings (SSSR count). The lowest BCUT2D eigenvalue weighted by molar-refractivity contribution is -0.137. The van der Waals surface area contributed by atoms with Gasteiger partial charge in [0.05, 0.1) is 6.42 Å². The molecule has 4 aromatic rings. The lowest BCUT2D eigenvalue weighted by Crippen LogP contribution is -2.35. The molecule has 7 heteroatoms. The van der Waals surface area contributed by atoms with E-state index in [2.05, 4.69) is 5.32 Å². The molecular weight excluding hydrogens is 507 g/mol. The summed E-state index contributed by atoms with van der Waals surface area (Å²) in [6, 6.07) is 27.9. The molecule has 0 radical (unpaired) electrons. The van der Waals surface area contributed by atoms with Gasteiger partial charge in [-0.2, -0.15) is 0 Å². The Labute approximate surface area is 233 Å². The SMILES string of the molecule is Cc1ccccc1CCN(CCC(=O)O)C(=O)c1ccccc1-c1ccccc1C(=O)NCc1cccc(F)c1. The fourth-order valence-electron chi connectivity index (χ4n) is 4.61. The smallest absolute Gasteiger partial charge is 0.305 e. The Bertz CT molecular complexity index is 1520. The molecule has 0 aliphatic rings. The van der Waals surface area contributed by atoms with Crippen molar-refractivity contribution in [1.82, 2.24) is 10.2 Å². The van der Waals surface area contributed by atoms with Gasteiger partial charge in [-0.05, 0) is 65.4 Å². The van der Waals surface area contributed by atoms with Crippen LogP contribution in [0.25, 0.3) is 11.1 Å². The molecule has 0 atom stereocenters. The summed E-state index contributed by atoms with van der Waals surface area (Å²) in [5.74, 6) is -2.03. The zero-order valence-electron chi connectivity index (χ0n) is 22.3. The van der Waals surface area contributed by atoms with Crippen LogP contribution in [0, 0.1) is 12.7 Å². The molecule has 2 amide bonds. The minimum atomic E-state index is -0.984. The van der Waals surface area contributed by atoms with Crippen LogP contribution in [0.3, 0.4) is 0 Å².